The molecule has 0 saturated heterocycles. The van der Waals surface area contributed by atoms with Crippen molar-refractivity contribution in [2.24, 2.45) is 23.2 Å². The largest absolute Gasteiger partial charge is 0.491 e. The molecular formula is C87H101NO13. The molecule has 0 aromatic heterocycles. The lowest BCUT2D eigenvalue weighted by Gasteiger charge is -2.55. The van der Waals surface area contributed by atoms with Gasteiger partial charge in [-0.3, -0.25) is 4.79 Å². The third-order valence-corrected chi connectivity index (χ3v) is 19.6. The number of benzene rings is 7. The molecule has 12 rings (SSSR count). The van der Waals surface area contributed by atoms with Crippen molar-refractivity contribution in [3.63, 3.8) is 0 Å². The molecule has 4 fully saturated rings. The van der Waals surface area contributed by atoms with Crippen LogP contribution in [-0.4, -0.2) is 145 Å². The molecule has 7 aromatic rings. The Kier molecular flexibility index (Phi) is 28.7. The zero-order valence-electron chi connectivity index (χ0n) is 59.3. The van der Waals surface area contributed by atoms with E-state index >= 15 is 0 Å². The Morgan fingerprint density at radius 2 is 0.950 bits per heavy atom. The summed E-state index contributed by atoms with van der Waals surface area (Å²) in [6.07, 6.45) is 17.1. The summed E-state index contributed by atoms with van der Waals surface area (Å²) in [5.74, 6) is 10.9. The molecule has 14 nitrogen and oxygen atoms in total. The topological polar surface area (TPSA) is 140 Å². The number of rotatable bonds is 42. The van der Waals surface area contributed by atoms with Crippen LogP contribution in [0.5, 0.6) is 17.2 Å². The summed E-state index contributed by atoms with van der Waals surface area (Å²) >= 11 is 0. The number of allylic oxidation sites excluding steroid dienone is 4. The van der Waals surface area contributed by atoms with Crippen molar-refractivity contribution in [1.29, 1.82) is 0 Å². The molecular weight excluding hydrogens is 1270 g/mol. The summed E-state index contributed by atoms with van der Waals surface area (Å²) in [5, 5.41) is 3.37. The zero-order chi connectivity index (χ0) is 69.6. The van der Waals surface area contributed by atoms with Gasteiger partial charge < -0.3 is 62.2 Å². The average Bonchev–Trinajstić information content (AvgIpc) is 0.828. The Morgan fingerprint density at radius 1 is 0.485 bits per heavy atom. The van der Waals surface area contributed by atoms with Crippen molar-refractivity contribution in [2.75, 3.05) is 138 Å². The van der Waals surface area contributed by atoms with Crippen LogP contribution in [0.1, 0.15) is 95.0 Å². The van der Waals surface area contributed by atoms with Gasteiger partial charge in [-0.2, -0.15) is 0 Å². The second kappa shape index (κ2) is 39.2. The van der Waals surface area contributed by atoms with Crippen molar-refractivity contribution in [3.05, 3.63) is 250 Å². The van der Waals surface area contributed by atoms with Gasteiger partial charge in [-0.25, -0.2) is 0 Å². The van der Waals surface area contributed by atoms with Crippen LogP contribution in [0, 0.1) is 48.9 Å². The van der Waals surface area contributed by atoms with E-state index in [0.717, 1.165) is 106 Å². The maximum absolute atomic E-state index is 13.0. The minimum Gasteiger partial charge on any atom is -0.491 e. The van der Waals surface area contributed by atoms with Gasteiger partial charge in [-0.05, 0) is 181 Å². The van der Waals surface area contributed by atoms with Crippen LogP contribution in [-0.2, 0) is 59.3 Å². The Labute approximate surface area is 598 Å². The summed E-state index contributed by atoms with van der Waals surface area (Å²) in [7, 11) is 1.73. The molecule has 0 amide bonds. The van der Waals surface area contributed by atoms with Crippen LogP contribution in [0.15, 0.2) is 200 Å². The van der Waals surface area contributed by atoms with Crippen molar-refractivity contribution in [2.45, 2.75) is 76.7 Å². The highest BCUT2D eigenvalue weighted by Gasteiger charge is 2.55. The maximum Gasteiger partial charge on any atom is 0.312 e. The molecule has 101 heavy (non-hydrogen) atoms. The van der Waals surface area contributed by atoms with Crippen LogP contribution < -0.4 is 19.5 Å². The Balaban J connectivity index is 0.469. The number of hydrogen-bond donors (Lipinski definition) is 1. The number of carbonyl (C=O) groups excluding carboxylic acids is 1. The summed E-state index contributed by atoms with van der Waals surface area (Å²) in [4.78, 5) is 13.0. The molecule has 4 saturated carbocycles. The fraction of sp³-hybridized carbons (Fsp3) is 0.414. The summed E-state index contributed by atoms with van der Waals surface area (Å²) < 4.78 is 70.0. The molecule has 0 radical (unpaired) electrons. The number of aryl methyl sites for hydroxylation is 3. The molecule has 0 aliphatic heterocycles. The van der Waals surface area contributed by atoms with E-state index in [9.17, 15) is 4.79 Å². The predicted octanol–water partition coefficient (Wildman–Crippen LogP) is 15.5. The van der Waals surface area contributed by atoms with E-state index in [2.05, 4.69) is 207 Å². The van der Waals surface area contributed by atoms with Gasteiger partial charge in [-0.15, -0.1) is 0 Å². The van der Waals surface area contributed by atoms with Crippen molar-refractivity contribution in [3.8, 4) is 29.1 Å². The number of ether oxygens (including phenoxy) is 12. The monoisotopic (exact) mass is 1370 g/mol. The Hall–Kier alpha value is -8.33. The molecule has 0 spiro atoms. The fourth-order valence-corrected chi connectivity index (χ4v) is 15.2. The first-order valence-electron chi connectivity index (χ1n) is 36.3. The summed E-state index contributed by atoms with van der Waals surface area (Å²) in [6.45, 7) is 13.0. The van der Waals surface area contributed by atoms with Crippen LogP contribution in [0.3, 0.4) is 0 Å². The van der Waals surface area contributed by atoms with E-state index in [1.807, 2.05) is 24.3 Å². The highest BCUT2D eigenvalue weighted by molar-refractivity contribution is 5.83. The number of anilines is 1. The van der Waals surface area contributed by atoms with Crippen molar-refractivity contribution >= 4 is 22.8 Å². The lowest BCUT2D eigenvalue weighted by molar-refractivity contribution is -0.173. The van der Waals surface area contributed by atoms with E-state index in [4.69, 9.17) is 56.8 Å². The van der Waals surface area contributed by atoms with E-state index < -0.39 is 5.41 Å². The van der Waals surface area contributed by atoms with E-state index in [1.54, 1.807) is 7.11 Å². The lowest BCUT2D eigenvalue weighted by atomic mass is 9.49. The standard InChI is InChI=1S/C87H101NO13/c1-66-58-78(87(75-17-7-4-8-18-75,76-19-9-5-10-20-76)77-21-11-6-12-22-77)59-67(2)84(66)100-57-56-99-80-33-23-68(24-34-80)16-15-41-92-43-45-94-47-49-95-48-46-93-44-42-91-40-14-13-39-88-79-31-25-72(26-32-79)73-29-37-82(83(90-3)38-30-73)74-27-35-81(36-28-74)98-54-52-96-50-51-97-53-55-101-85(89)86-63-69-60-70(64-86)62-71(61-69)65-86/h4-12,17-38,58-59,69-71,83,88H,15-16,39-57,60-65H2,1-3H3. The maximum atomic E-state index is 13.0. The molecule has 5 aliphatic rings. The molecule has 1 atom stereocenters. The van der Waals surface area contributed by atoms with Gasteiger partial charge in [0, 0.05) is 19.4 Å². The number of methoxy groups -OCH3 is 1. The SMILES string of the molecule is COC1C=CC(c2ccc(NCC#CCOCCOCCOCCOCCOCCCc3ccc(OCCOc4c(C)cc(C(c5ccccc5)(c5ccccc5)c5ccccc5)cc4C)cc3)cc2)=CC=C1c1ccc(OCCOCCOCCOC(=O)C23CC4CC(CC(C4)C2)C3)cc1. The first-order chi connectivity index (χ1) is 49.8. The molecule has 1 unspecified atom stereocenters. The molecule has 532 valence electrons. The number of nitrogens with one attached hydrogen (secondary N) is 1. The Bertz CT molecular complexity index is 3630. The second-order valence-electron chi connectivity index (χ2n) is 26.7. The zero-order valence-corrected chi connectivity index (χ0v) is 59.3. The molecule has 5 aliphatic carbocycles. The molecule has 14 heteroatoms. The van der Waals surface area contributed by atoms with E-state index in [0.29, 0.717) is 125 Å². The van der Waals surface area contributed by atoms with E-state index in [-0.39, 0.29) is 17.5 Å². The minimum atomic E-state index is -0.512. The fourth-order valence-electron chi connectivity index (χ4n) is 15.2. The Morgan fingerprint density at radius 3 is 1.49 bits per heavy atom. The van der Waals surface area contributed by atoms with Gasteiger partial charge in [0.25, 0.3) is 0 Å². The number of hydrogen-bond acceptors (Lipinski definition) is 14. The van der Waals surface area contributed by atoms with Crippen molar-refractivity contribution < 1.29 is 61.6 Å². The van der Waals surface area contributed by atoms with Crippen LogP contribution in [0.25, 0.3) is 11.1 Å². The van der Waals surface area contributed by atoms with Gasteiger partial charge in [0.05, 0.1) is 96.7 Å². The van der Waals surface area contributed by atoms with Gasteiger partial charge in [0.1, 0.15) is 56.4 Å². The quantitative estimate of drug-likeness (QED) is 0.0168. The van der Waals surface area contributed by atoms with Gasteiger partial charge >= 0.3 is 5.97 Å². The normalized spacial score (nSPS) is 18.2. The second-order valence-corrected chi connectivity index (χ2v) is 26.7. The lowest BCUT2D eigenvalue weighted by Crippen LogP contribution is -2.50. The average molecular weight is 1370 g/mol. The first-order valence-corrected chi connectivity index (χ1v) is 36.3. The molecule has 0 heterocycles. The predicted molar refractivity (Wildman–Crippen MR) is 398 cm³/mol. The third-order valence-electron chi connectivity index (χ3n) is 19.6. The first kappa shape index (κ1) is 73.9. The van der Waals surface area contributed by atoms with Crippen molar-refractivity contribution in [1.82, 2.24) is 0 Å². The van der Waals surface area contributed by atoms with Gasteiger partial charge in [-0.1, -0.05) is 176 Å². The van der Waals surface area contributed by atoms with Crippen LogP contribution in [0.4, 0.5) is 5.69 Å². The number of carbonyl (C=O) groups is 1. The van der Waals surface area contributed by atoms with Crippen LogP contribution >= 0.6 is 0 Å². The number of esters is 1. The highest BCUT2D eigenvalue weighted by atomic mass is 16.6. The third kappa shape index (κ3) is 21.2. The summed E-state index contributed by atoms with van der Waals surface area (Å²) in [5.41, 5.74) is 12.8. The highest BCUT2D eigenvalue weighted by Crippen LogP contribution is 2.60. The smallest absolute Gasteiger partial charge is 0.312 e. The van der Waals surface area contributed by atoms with Gasteiger partial charge in [0.2, 0.25) is 0 Å². The van der Waals surface area contributed by atoms with Crippen LogP contribution in [0.2, 0.25) is 0 Å². The molecule has 4 bridgehead atoms. The van der Waals surface area contributed by atoms with Gasteiger partial charge in [0.15, 0.2) is 0 Å². The van der Waals surface area contributed by atoms with E-state index in [1.165, 1.54) is 47.1 Å². The minimum absolute atomic E-state index is 0.00757. The molecule has 1 N–H and O–H groups in total. The summed E-state index contributed by atoms with van der Waals surface area (Å²) in [6, 6.07) is 61.6. The molecule has 7 aromatic carbocycles.